The number of hydrogen-bond acceptors (Lipinski definition) is 2. The summed E-state index contributed by atoms with van der Waals surface area (Å²) in [5, 5.41) is 2.81. The van der Waals surface area contributed by atoms with Crippen molar-refractivity contribution in [3.8, 4) is 5.75 Å². The molecule has 0 saturated heterocycles. The molecule has 1 rings (SSSR count). The fourth-order valence-electron chi connectivity index (χ4n) is 2.00. The number of ether oxygens (including phenoxy) is 1. The molecule has 19 heavy (non-hydrogen) atoms. The van der Waals surface area contributed by atoms with E-state index in [1.54, 1.807) is 7.11 Å². The Morgan fingerprint density at radius 2 is 2.05 bits per heavy atom. The van der Waals surface area contributed by atoms with Gasteiger partial charge in [0.25, 0.3) is 4.82 Å². The number of carbonyl (C=O) groups is 1. The summed E-state index contributed by atoms with van der Waals surface area (Å²) in [7, 11) is 1.69. The Kier molecular flexibility index (Phi) is 5.41. The van der Waals surface area contributed by atoms with Crippen molar-refractivity contribution in [3.05, 3.63) is 29.3 Å². The van der Waals surface area contributed by atoms with Crippen molar-refractivity contribution in [1.29, 1.82) is 0 Å². The van der Waals surface area contributed by atoms with E-state index in [0.29, 0.717) is 12.5 Å². The second kappa shape index (κ2) is 6.42. The molecule has 0 spiro atoms. The molecule has 1 aromatic carbocycles. The number of methoxy groups -OCH3 is 1. The van der Waals surface area contributed by atoms with Gasteiger partial charge in [0.15, 0.2) is 0 Å². The molecule has 3 nitrogen and oxygen atoms in total. The summed E-state index contributed by atoms with van der Waals surface area (Å²) in [6.45, 7) is 9.11. The van der Waals surface area contributed by atoms with Crippen molar-refractivity contribution in [2.24, 2.45) is 0 Å². The number of nitrogens with one attached hydrogen (secondary N) is 1. The quantitative estimate of drug-likeness (QED) is 0.650. The molecule has 0 aliphatic heterocycles. The van der Waals surface area contributed by atoms with Gasteiger partial charge in [0, 0.05) is 27.9 Å². The Hall–Kier alpha value is -1.03. The Morgan fingerprint density at radius 3 is 2.53 bits per heavy atom. The van der Waals surface area contributed by atoms with Gasteiger partial charge in [-0.2, -0.15) is 0 Å². The third kappa shape index (κ3) is 4.23. The number of benzene rings is 1. The Bertz CT molecular complexity index is 455. The van der Waals surface area contributed by atoms with E-state index in [9.17, 15) is 4.79 Å². The summed E-state index contributed by atoms with van der Waals surface area (Å²) in [6, 6.07) is 6.23. The van der Waals surface area contributed by atoms with E-state index < -0.39 is 0 Å². The number of rotatable bonds is 5. The number of hydrogen-bond donors (Lipinski definition) is 1. The van der Waals surface area contributed by atoms with Gasteiger partial charge in [0.2, 0.25) is 0 Å². The van der Waals surface area contributed by atoms with Crippen molar-refractivity contribution >= 4 is 20.7 Å². The van der Waals surface area contributed by atoms with Crippen LogP contribution in [0, 0.1) is 0 Å². The summed E-state index contributed by atoms with van der Waals surface area (Å²) in [6.07, 6.45) is 0. The molecule has 0 aromatic heterocycles. The molecule has 0 aliphatic carbocycles. The van der Waals surface area contributed by atoms with Gasteiger partial charge in [0.1, 0.15) is 5.75 Å². The van der Waals surface area contributed by atoms with Crippen molar-refractivity contribution < 1.29 is 9.53 Å². The summed E-state index contributed by atoms with van der Waals surface area (Å²) < 4.78 is 5.40. The van der Waals surface area contributed by atoms with Crippen LogP contribution in [0.4, 0.5) is 4.79 Å². The maximum absolute atomic E-state index is 11.0. The highest BCUT2D eigenvalue weighted by molar-refractivity contribution is 9.18. The maximum Gasteiger partial charge on any atom is 0.287 e. The van der Waals surface area contributed by atoms with E-state index >= 15 is 0 Å². The summed E-state index contributed by atoms with van der Waals surface area (Å²) >= 11 is 2.89. The van der Waals surface area contributed by atoms with Crippen LogP contribution in [0.3, 0.4) is 0 Å². The lowest BCUT2D eigenvalue weighted by molar-refractivity contribution is 0.259. The van der Waals surface area contributed by atoms with Gasteiger partial charge in [0.05, 0.1) is 7.11 Å². The fraction of sp³-hybridized carbons (Fsp3) is 0.533. The molecule has 0 bridgehead atoms. The van der Waals surface area contributed by atoms with Gasteiger partial charge in [-0.05, 0) is 23.1 Å². The molecule has 0 heterocycles. The van der Waals surface area contributed by atoms with E-state index in [4.69, 9.17) is 4.74 Å². The third-order valence-electron chi connectivity index (χ3n) is 3.30. The first-order valence-electron chi connectivity index (χ1n) is 6.39. The fourth-order valence-corrected chi connectivity index (χ4v) is 2.14. The highest BCUT2D eigenvalue weighted by atomic mass is 79.9. The van der Waals surface area contributed by atoms with E-state index in [2.05, 4.69) is 61.1 Å². The monoisotopic (exact) mass is 327 g/mol. The SMILES string of the molecule is COc1ccc(C(C)(C)CNC(=O)Br)cc1C(C)C. The number of carbonyl (C=O) groups excluding carboxylic acids is 1. The van der Waals surface area contributed by atoms with Crippen LogP contribution in [0.1, 0.15) is 44.7 Å². The average Bonchev–Trinajstić information content (AvgIpc) is 2.35. The first kappa shape index (κ1) is 16.0. The predicted molar refractivity (Wildman–Crippen MR) is 82.4 cm³/mol. The van der Waals surface area contributed by atoms with Crippen molar-refractivity contribution in [2.45, 2.75) is 39.0 Å². The van der Waals surface area contributed by atoms with Gasteiger partial charge < -0.3 is 10.1 Å². The molecular formula is C15H22BrNO2. The molecule has 0 radical (unpaired) electrons. The molecule has 0 aliphatic rings. The zero-order chi connectivity index (χ0) is 14.6. The van der Waals surface area contributed by atoms with Crippen molar-refractivity contribution in [3.63, 3.8) is 0 Å². The molecule has 0 unspecified atom stereocenters. The molecule has 1 amide bonds. The first-order chi connectivity index (χ1) is 8.77. The van der Waals surface area contributed by atoms with Crippen molar-refractivity contribution in [1.82, 2.24) is 5.32 Å². The molecule has 4 heteroatoms. The molecule has 0 saturated carbocycles. The zero-order valence-electron chi connectivity index (χ0n) is 12.2. The van der Waals surface area contributed by atoms with Gasteiger partial charge in [-0.1, -0.05) is 39.8 Å². The van der Waals surface area contributed by atoms with Gasteiger partial charge in [-0.25, -0.2) is 0 Å². The normalized spacial score (nSPS) is 11.5. The van der Waals surface area contributed by atoms with Crippen LogP contribution in [0.2, 0.25) is 0 Å². The highest BCUT2D eigenvalue weighted by Gasteiger charge is 2.22. The minimum atomic E-state index is -0.182. The lowest BCUT2D eigenvalue weighted by Crippen LogP contribution is -2.34. The molecule has 106 valence electrons. The minimum absolute atomic E-state index is 0.126. The largest absolute Gasteiger partial charge is 0.496 e. The van der Waals surface area contributed by atoms with Gasteiger partial charge in [-0.3, -0.25) is 4.79 Å². The first-order valence-corrected chi connectivity index (χ1v) is 7.19. The standard InChI is InChI=1S/C15H22BrNO2/c1-10(2)12-8-11(6-7-13(12)19-5)15(3,4)9-17-14(16)18/h6-8,10H,9H2,1-5H3,(H,17,18). The molecular weight excluding hydrogens is 306 g/mol. The van der Waals surface area contributed by atoms with Crippen LogP contribution in [-0.2, 0) is 5.41 Å². The summed E-state index contributed by atoms with van der Waals surface area (Å²) in [5.74, 6) is 1.32. The highest BCUT2D eigenvalue weighted by Crippen LogP contribution is 2.32. The average molecular weight is 328 g/mol. The van der Waals surface area contributed by atoms with Gasteiger partial charge in [-0.15, -0.1) is 0 Å². The topological polar surface area (TPSA) is 38.3 Å². The lowest BCUT2D eigenvalue weighted by Gasteiger charge is -2.27. The van der Waals surface area contributed by atoms with Crippen LogP contribution >= 0.6 is 15.9 Å². The second-order valence-electron chi connectivity index (χ2n) is 5.62. The minimum Gasteiger partial charge on any atom is -0.496 e. The second-order valence-corrected chi connectivity index (χ2v) is 6.34. The molecule has 1 aromatic rings. The van der Waals surface area contributed by atoms with E-state index in [1.165, 1.54) is 11.1 Å². The van der Waals surface area contributed by atoms with E-state index in [0.717, 1.165) is 5.75 Å². The third-order valence-corrected chi connectivity index (χ3v) is 3.58. The number of halogens is 1. The Morgan fingerprint density at radius 1 is 1.42 bits per heavy atom. The smallest absolute Gasteiger partial charge is 0.287 e. The van der Waals surface area contributed by atoms with E-state index in [-0.39, 0.29) is 10.2 Å². The van der Waals surface area contributed by atoms with E-state index in [1.807, 2.05) is 6.07 Å². The lowest BCUT2D eigenvalue weighted by atomic mass is 9.82. The summed E-state index contributed by atoms with van der Waals surface area (Å²) in [4.78, 5) is 10.8. The molecule has 1 N–H and O–H groups in total. The Labute approximate surface area is 123 Å². The summed E-state index contributed by atoms with van der Waals surface area (Å²) in [5.41, 5.74) is 2.26. The number of amides is 1. The van der Waals surface area contributed by atoms with Crippen LogP contribution in [0.5, 0.6) is 5.75 Å². The van der Waals surface area contributed by atoms with Crippen LogP contribution in [0.15, 0.2) is 18.2 Å². The van der Waals surface area contributed by atoms with Crippen LogP contribution in [0.25, 0.3) is 0 Å². The van der Waals surface area contributed by atoms with Crippen LogP contribution in [-0.4, -0.2) is 18.5 Å². The van der Waals surface area contributed by atoms with Gasteiger partial charge >= 0.3 is 0 Å². The zero-order valence-corrected chi connectivity index (χ0v) is 13.8. The predicted octanol–water partition coefficient (Wildman–Crippen LogP) is 4.20. The Balaban J connectivity index is 3.06. The van der Waals surface area contributed by atoms with Crippen LogP contribution < -0.4 is 10.1 Å². The van der Waals surface area contributed by atoms with Crippen molar-refractivity contribution in [2.75, 3.05) is 13.7 Å². The molecule has 0 atom stereocenters. The maximum atomic E-state index is 11.0. The molecule has 0 fully saturated rings.